The molecule has 23 heavy (non-hydrogen) atoms. The topological polar surface area (TPSA) is 114 Å². The zero-order chi connectivity index (χ0) is 16.4. The molecule has 3 rings (SSSR count). The lowest BCUT2D eigenvalue weighted by Crippen LogP contribution is -2.11. The minimum Gasteiger partial charge on any atom is -0.364 e. The first-order valence-electron chi connectivity index (χ1n) is 6.76. The molecule has 7 nitrogen and oxygen atoms in total. The van der Waals surface area contributed by atoms with Gasteiger partial charge in [-0.15, -0.1) is 0 Å². The fraction of sp³-hybridized carbons (Fsp3) is 0. The molecule has 2 aromatic heterocycles. The van der Waals surface area contributed by atoms with Crippen molar-refractivity contribution in [2.75, 3.05) is 5.32 Å². The van der Waals surface area contributed by atoms with Gasteiger partial charge in [-0.3, -0.25) is 19.7 Å². The van der Waals surface area contributed by atoms with Gasteiger partial charge in [0.05, 0.1) is 17.4 Å². The van der Waals surface area contributed by atoms with E-state index in [1.54, 1.807) is 30.5 Å². The summed E-state index contributed by atoms with van der Waals surface area (Å²) >= 11 is 0. The predicted octanol–water partition coefficient (Wildman–Crippen LogP) is 1.85. The molecule has 4 N–H and O–H groups in total. The average molecular weight is 307 g/mol. The first kappa shape index (κ1) is 14.5. The van der Waals surface area contributed by atoms with Gasteiger partial charge in [-0.25, -0.2) is 0 Å². The Labute approximate surface area is 131 Å². The SMILES string of the molecule is C=CC(=O)Nc1cccc(-c2cc3c(C(N)=O)n[nH]c3cn2)c1. The number of aromatic amines is 1. The van der Waals surface area contributed by atoms with Gasteiger partial charge in [0.25, 0.3) is 5.91 Å². The van der Waals surface area contributed by atoms with E-state index in [0.717, 1.165) is 5.56 Å². The van der Waals surface area contributed by atoms with Crippen molar-refractivity contribution in [1.82, 2.24) is 15.2 Å². The molecule has 2 amide bonds. The normalized spacial score (nSPS) is 10.4. The summed E-state index contributed by atoms with van der Waals surface area (Å²) in [5.41, 5.74) is 8.14. The molecular formula is C16H13N5O2. The minimum atomic E-state index is -0.611. The number of nitrogens with one attached hydrogen (secondary N) is 2. The van der Waals surface area contributed by atoms with Gasteiger partial charge in [-0.2, -0.15) is 5.10 Å². The van der Waals surface area contributed by atoms with E-state index in [4.69, 9.17) is 5.73 Å². The van der Waals surface area contributed by atoms with Crippen molar-refractivity contribution in [3.63, 3.8) is 0 Å². The number of benzene rings is 1. The number of anilines is 1. The van der Waals surface area contributed by atoms with Crippen LogP contribution in [0.3, 0.4) is 0 Å². The van der Waals surface area contributed by atoms with Crippen molar-refractivity contribution < 1.29 is 9.59 Å². The smallest absolute Gasteiger partial charge is 0.269 e. The molecule has 114 valence electrons. The van der Waals surface area contributed by atoms with Crippen LogP contribution in [0.15, 0.2) is 49.2 Å². The number of fused-ring (bicyclic) bond motifs is 1. The Morgan fingerprint density at radius 1 is 1.30 bits per heavy atom. The summed E-state index contributed by atoms with van der Waals surface area (Å²) in [5, 5.41) is 9.89. The van der Waals surface area contributed by atoms with Gasteiger partial charge < -0.3 is 11.1 Å². The number of rotatable bonds is 4. The van der Waals surface area contributed by atoms with Crippen LogP contribution in [0, 0.1) is 0 Å². The fourth-order valence-corrected chi connectivity index (χ4v) is 2.21. The van der Waals surface area contributed by atoms with Crippen LogP contribution in [0.2, 0.25) is 0 Å². The Hall–Kier alpha value is -3.48. The third-order valence-corrected chi connectivity index (χ3v) is 3.29. The van der Waals surface area contributed by atoms with Gasteiger partial charge in [-0.05, 0) is 24.3 Å². The van der Waals surface area contributed by atoms with E-state index in [0.29, 0.717) is 22.3 Å². The summed E-state index contributed by atoms with van der Waals surface area (Å²) in [7, 11) is 0. The Morgan fingerprint density at radius 3 is 2.87 bits per heavy atom. The number of aromatic nitrogens is 3. The Kier molecular flexibility index (Phi) is 3.60. The van der Waals surface area contributed by atoms with E-state index in [2.05, 4.69) is 27.1 Å². The second-order valence-electron chi connectivity index (χ2n) is 4.83. The second kappa shape index (κ2) is 5.72. The zero-order valence-electron chi connectivity index (χ0n) is 12.0. The third-order valence-electron chi connectivity index (χ3n) is 3.29. The maximum Gasteiger partial charge on any atom is 0.269 e. The third kappa shape index (κ3) is 2.80. The first-order chi connectivity index (χ1) is 11.1. The molecule has 0 spiro atoms. The molecule has 0 saturated carbocycles. The summed E-state index contributed by atoms with van der Waals surface area (Å²) in [6.07, 6.45) is 2.78. The van der Waals surface area contributed by atoms with Crippen LogP contribution in [-0.4, -0.2) is 27.0 Å². The molecule has 1 aromatic carbocycles. The second-order valence-corrected chi connectivity index (χ2v) is 4.83. The Balaban J connectivity index is 2.04. The predicted molar refractivity (Wildman–Crippen MR) is 86.7 cm³/mol. The maximum absolute atomic E-state index is 11.4. The number of carbonyl (C=O) groups excluding carboxylic acids is 2. The summed E-state index contributed by atoms with van der Waals surface area (Å²) in [6.45, 7) is 3.41. The number of hydrogen-bond acceptors (Lipinski definition) is 4. The number of hydrogen-bond donors (Lipinski definition) is 3. The highest BCUT2D eigenvalue weighted by Gasteiger charge is 2.12. The zero-order valence-corrected chi connectivity index (χ0v) is 12.0. The highest BCUT2D eigenvalue weighted by Crippen LogP contribution is 2.25. The number of primary amides is 1. The molecule has 0 aliphatic carbocycles. The van der Waals surface area contributed by atoms with E-state index < -0.39 is 5.91 Å². The lowest BCUT2D eigenvalue weighted by Gasteiger charge is -2.06. The number of nitrogens with zero attached hydrogens (tertiary/aromatic N) is 2. The van der Waals surface area contributed by atoms with Gasteiger partial charge >= 0.3 is 0 Å². The summed E-state index contributed by atoms with van der Waals surface area (Å²) < 4.78 is 0. The van der Waals surface area contributed by atoms with Crippen molar-refractivity contribution >= 4 is 28.4 Å². The molecular weight excluding hydrogens is 294 g/mol. The lowest BCUT2D eigenvalue weighted by molar-refractivity contribution is -0.111. The number of carbonyl (C=O) groups is 2. The molecule has 0 bridgehead atoms. The van der Waals surface area contributed by atoms with Gasteiger partial charge in [0.2, 0.25) is 5.91 Å². The molecule has 0 radical (unpaired) electrons. The van der Waals surface area contributed by atoms with Gasteiger partial charge in [-0.1, -0.05) is 18.7 Å². The van der Waals surface area contributed by atoms with E-state index in [9.17, 15) is 9.59 Å². The molecule has 7 heteroatoms. The highest BCUT2D eigenvalue weighted by molar-refractivity contribution is 6.04. The van der Waals surface area contributed by atoms with Crippen LogP contribution >= 0.6 is 0 Å². The summed E-state index contributed by atoms with van der Waals surface area (Å²) in [6, 6.07) is 8.91. The molecule has 2 heterocycles. The molecule has 0 atom stereocenters. The van der Waals surface area contributed by atoms with Crippen molar-refractivity contribution in [2.45, 2.75) is 0 Å². The minimum absolute atomic E-state index is 0.166. The first-order valence-corrected chi connectivity index (χ1v) is 6.76. The lowest BCUT2D eigenvalue weighted by atomic mass is 10.1. The molecule has 0 saturated heterocycles. The van der Waals surface area contributed by atoms with Crippen LogP contribution in [0.5, 0.6) is 0 Å². The number of pyridine rings is 1. The molecule has 0 aliphatic heterocycles. The van der Waals surface area contributed by atoms with E-state index in [-0.39, 0.29) is 11.6 Å². The molecule has 0 unspecified atom stereocenters. The Bertz CT molecular complexity index is 929. The number of H-pyrrole nitrogens is 1. The van der Waals surface area contributed by atoms with Crippen LogP contribution in [0.1, 0.15) is 10.5 Å². The van der Waals surface area contributed by atoms with E-state index in [1.807, 2.05) is 6.07 Å². The Morgan fingerprint density at radius 2 is 2.13 bits per heavy atom. The standard InChI is InChI=1S/C16H13N5O2/c1-2-14(22)19-10-5-3-4-9(6-10)12-7-11-13(8-18-12)20-21-15(11)16(17)23/h2-8H,1H2,(H2,17,23)(H,19,22)(H,20,21). The van der Waals surface area contributed by atoms with Gasteiger partial charge in [0.1, 0.15) is 0 Å². The maximum atomic E-state index is 11.4. The summed E-state index contributed by atoms with van der Waals surface area (Å²) in [4.78, 5) is 27.1. The molecule has 0 aliphatic rings. The van der Waals surface area contributed by atoms with Crippen molar-refractivity contribution in [3.05, 3.63) is 54.9 Å². The van der Waals surface area contributed by atoms with Crippen molar-refractivity contribution in [2.24, 2.45) is 5.73 Å². The van der Waals surface area contributed by atoms with Crippen LogP contribution in [-0.2, 0) is 4.79 Å². The number of nitrogens with two attached hydrogens (primary N) is 1. The quantitative estimate of drug-likeness (QED) is 0.638. The molecule has 0 fully saturated rings. The highest BCUT2D eigenvalue weighted by atomic mass is 16.1. The summed E-state index contributed by atoms with van der Waals surface area (Å²) in [5.74, 6) is -0.906. The van der Waals surface area contributed by atoms with Gasteiger partial charge in [0.15, 0.2) is 5.69 Å². The largest absolute Gasteiger partial charge is 0.364 e. The number of amides is 2. The van der Waals surface area contributed by atoms with E-state index >= 15 is 0 Å². The van der Waals surface area contributed by atoms with Crippen LogP contribution in [0.25, 0.3) is 22.2 Å². The fourth-order valence-electron chi connectivity index (χ4n) is 2.21. The molecule has 3 aromatic rings. The van der Waals surface area contributed by atoms with Crippen molar-refractivity contribution in [3.8, 4) is 11.3 Å². The van der Waals surface area contributed by atoms with E-state index in [1.165, 1.54) is 6.08 Å². The van der Waals surface area contributed by atoms with Crippen LogP contribution in [0.4, 0.5) is 5.69 Å². The monoisotopic (exact) mass is 307 g/mol. The van der Waals surface area contributed by atoms with Crippen LogP contribution < -0.4 is 11.1 Å². The van der Waals surface area contributed by atoms with Gasteiger partial charge in [0, 0.05) is 16.6 Å². The van der Waals surface area contributed by atoms with Crippen molar-refractivity contribution in [1.29, 1.82) is 0 Å². The average Bonchev–Trinajstić information content (AvgIpc) is 2.98.